The van der Waals surface area contributed by atoms with E-state index in [0.29, 0.717) is 6.54 Å². The molecule has 2 aromatic rings. The Bertz CT molecular complexity index is 612. The van der Waals surface area contributed by atoms with Gasteiger partial charge in [0.15, 0.2) is 5.82 Å². The molecule has 6 heteroatoms. The number of anilines is 1. The van der Waals surface area contributed by atoms with Crippen molar-refractivity contribution in [3.05, 3.63) is 45.7 Å². The van der Waals surface area contributed by atoms with Crippen LogP contribution in [0.5, 0.6) is 0 Å². The number of halogens is 1. The Labute approximate surface area is 114 Å². The lowest BCUT2D eigenvalue weighted by molar-refractivity contribution is 0.0782. The predicted octanol–water partition coefficient (Wildman–Crippen LogP) is 2.45. The normalized spacial score (nSPS) is 10.5. The first-order chi connectivity index (χ1) is 8.99. The molecule has 0 saturated carbocycles. The molecule has 2 rings (SSSR count). The summed E-state index contributed by atoms with van der Waals surface area (Å²) in [6.07, 6.45) is 1.72. The van der Waals surface area contributed by atoms with Crippen LogP contribution in [0.15, 0.2) is 24.4 Å². The molecule has 0 aliphatic heterocycles. The maximum atomic E-state index is 13.8. The van der Waals surface area contributed by atoms with Gasteiger partial charge in [-0.25, -0.2) is 9.37 Å². The van der Waals surface area contributed by atoms with Gasteiger partial charge in [-0.3, -0.25) is 4.79 Å². The van der Waals surface area contributed by atoms with Gasteiger partial charge in [0.05, 0.1) is 22.8 Å². The quantitative estimate of drug-likeness (QED) is 0.878. The minimum atomic E-state index is -0.667. The number of nitrogen functional groups attached to an aromatic ring is 1. The number of rotatable bonds is 3. The third-order valence-corrected chi connectivity index (χ3v) is 3.57. The molecule has 1 amide bonds. The molecule has 0 saturated heterocycles. The van der Waals surface area contributed by atoms with Gasteiger partial charge in [0, 0.05) is 18.1 Å². The number of hydrogen-bond acceptors (Lipinski definition) is 4. The first-order valence-electron chi connectivity index (χ1n) is 5.70. The number of hydrogen-bond donors (Lipinski definition) is 1. The van der Waals surface area contributed by atoms with E-state index in [1.54, 1.807) is 19.3 Å². The first-order valence-corrected chi connectivity index (χ1v) is 6.51. The van der Waals surface area contributed by atoms with Crippen molar-refractivity contribution >= 4 is 22.9 Å². The molecule has 4 nitrogen and oxygen atoms in total. The number of carbonyl (C=O) groups is 1. The van der Waals surface area contributed by atoms with Crippen molar-refractivity contribution < 1.29 is 9.18 Å². The molecule has 0 aliphatic rings. The minimum absolute atomic E-state index is 0.0104. The Kier molecular flexibility index (Phi) is 3.80. The van der Waals surface area contributed by atoms with E-state index < -0.39 is 11.7 Å². The van der Waals surface area contributed by atoms with Crippen molar-refractivity contribution in [3.8, 4) is 0 Å². The first kappa shape index (κ1) is 13.5. The number of nitrogens with two attached hydrogens (primary N) is 1. The molecule has 2 N–H and O–H groups in total. The van der Waals surface area contributed by atoms with Crippen LogP contribution in [0.4, 0.5) is 10.1 Å². The number of aryl methyl sites for hydroxylation is 1. The Morgan fingerprint density at radius 2 is 2.26 bits per heavy atom. The zero-order valence-corrected chi connectivity index (χ0v) is 11.5. The van der Waals surface area contributed by atoms with Gasteiger partial charge in [-0.1, -0.05) is 6.07 Å². The van der Waals surface area contributed by atoms with Gasteiger partial charge in [-0.2, -0.15) is 0 Å². The largest absolute Gasteiger partial charge is 0.396 e. The summed E-state index contributed by atoms with van der Waals surface area (Å²) in [6, 6.07) is 4.43. The van der Waals surface area contributed by atoms with Crippen molar-refractivity contribution in [1.82, 2.24) is 9.88 Å². The zero-order valence-electron chi connectivity index (χ0n) is 10.7. The average molecular weight is 279 g/mol. The smallest absolute Gasteiger partial charge is 0.256 e. The van der Waals surface area contributed by atoms with E-state index in [2.05, 4.69) is 4.98 Å². The number of amides is 1. The molecule has 0 radical (unpaired) electrons. The highest BCUT2D eigenvalue weighted by Crippen LogP contribution is 2.18. The highest BCUT2D eigenvalue weighted by molar-refractivity contribution is 7.11. The fourth-order valence-corrected chi connectivity index (χ4v) is 2.55. The molecule has 0 spiro atoms. The molecule has 0 atom stereocenters. The van der Waals surface area contributed by atoms with Gasteiger partial charge in [0.2, 0.25) is 0 Å². The summed E-state index contributed by atoms with van der Waals surface area (Å²) in [5.74, 6) is -1.06. The van der Waals surface area contributed by atoms with E-state index in [0.717, 1.165) is 9.88 Å². The maximum Gasteiger partial charge on any atom is 0.256 e. The van der Waals surface area contributed by atoms with Crippen LogP contribution in [-0.4, -0.2) is 22.8 Å². The van der Waals surface area contributed by atoms with E-state index in [-0.39, 0.29) is 11.3 Å². The van der Waals surface area contributed by atoms with Crippen molar-refractivity contribution in [2.45, 2.75) is 13.5 Å². The molecule has 1 aromatic carbocycles. The molecule has 0 fully saturated rings. The second kappa shape index (κ2) is 5.36. The van der Waals surface area contributed by atoms with Crippen LogP contribution in [0.3, 0.4) is 0 Å². The van der Waals surface area contributed by atoms with Crippen LogP contribution >= 0.6 is 11.3 Å². The van der Waals surface area contributed by atoms with Crippen molar-refractivity contribution in [1.29, 1.82) is 0 Å². The molecular weight excluding hydrogens is 265 g/mol. The number of benzene rings is 1. The summed E-state index contributed by atoms with van der Waals surface area (Å²) in [7, 11) is 1.63. The topological polar surface area (TPSA) is 59.2 Å². The molecule has 1 aromatic heterocycles. The Morgan fingerprint density at radius 3 is 2.89 bits per heavy atom. The van der Waals surface area contributed by atoms with E-state index in [4.69, 9.17) is 5.73 Å². The van der Waals surface area contributed by atoms with E-state index in [1.165, 1.54) is 28.4 Å². The zero-order chi connectivity index (χ0) is 14.0. The van der Waals surface area contributed by atoms with E-state index in [9.17, 15) is 9.18 Å². The Balaban J connectivity index is 2.17. The summed E-state index contributed by atoms with van der Waals surface area (Å²) < 4.78 is 13.8. The molecule has 0 bridgehead atoms. The molecule has 1 heterocycles. The van der Waals surface area contributed by atoms with Crippen LogP contribution in [0.1, 0.15) is 20.2 Å². The number of thiazole rings is 1. The van der Waals surface area contributed by atoms with Crippen LogP contribution in [-0.2, 0) is 6.54 Å². The van der Waals surface area contributed by atoms with Crippen LogP contribution < -0.4 is 5.73 Å². The minimum Gasteiger partial charge on any atom is -0.396 e. The van der Waals surface area contributed by atoms with Crippen molar-refractivity contribution in [3.63, 3.8) is 0 Å². The second-order valence-electron chi connectivity index (χ2n) is 4.22. The molecule has 100 valence electrons. The van der Waals surface area contributed by atoms with Crippen LogP contribution in [0.2, 0.25) is 0 Å². The fraction of sp³-hybridized carbons (Fsp3) is 0.231. The highest BCUT2D eigenvalue weighted by atomic mass is 32.1. The van der Waals surface area contributed by atoms with Gasteiger partial charge in [0.1, 0.15) is 0 Å². The molecule has 0 unspecified atom stereocenters. The second-order valence-corrected chi connectivity index (χ2v) is 5.53. The molecular formula is C13H14FN3OS. The monoisotopic (exact) mass is 279 g/mol. The van der Waals surface area contributed by atoms with Gasteiger partial charge < -0.3 is 10.6 Å². The van der Waals surface area contributed by atoms with Crippen LogP contribution in [0.25, 0.3) is 0 Å². The van der Waals surface area contributed by atoms with Crippen molar-refractivity contribution in [2.24, 2.45) is 0 Å². The SMILES string of the molecule is Cc1ncc(CN(C)C(=O)c2cccc(N)c2F)s1. The number of aromatic nitrogens is 1. The summed E-state index contributed by atoms with van der Waals surface area (Å²) in [5, 5.41) is 0.936. The third kappa shape index (κ3) is 2.90. The van der Waals surface area contributed by atoms with Gasteiger partial charge >= 0.3 is 0 Å². The van der Waals surface area contributed by atoms with Gasteiger partial charge in [-0.15, -0.1) is 11.3 Å². The third-order valence-electron chi connectivity index (χ3n) is 2.67. The van der Waals surface area contributed by atoms with Gasteiger partial charge in [0.25, 0.3) is 5.91 Å². The maximum absolute atomic E-state index is 13.8. The van der Waals surface area contributed by atoms with Gasteiger partial charge in [-0.05, 0) is 19.1 Å². The standard InChI is InChI=1S/C13H14FN3OS/c1-8-16-6-9(19-8)7-17(2)13(18)10-4-3-5-11(15)12(10)14/h3-6H,7,15H2,1-2H3. The number of carbonyl (C=O) groups excluding carboxylic acids is 1. The lowest BCUT2D eigenvalue weighted by Crippen LogP contribution is -2.26. The number of nitrogens with zero attached hydrogens (tertiary/aromatic N) is 2. The summed E-state index contributed by atoms with van der Waals surface area (Å²) in [6.45, 7) is 2.30. The Morgan fingerprint density at radius 1 is 1.53 bits per heavy atom. The Hall–Kier alpha value is -1.95. The lowest BCUT2D eigenvalue weighted by Gasteiger charge is -2.16. The van der Waals surface area contributed by atoms with Crippen LogP contribution in [0, 0.1) is 12.7 Å². The molecule has 19 heavy (non-hydrogen) atoms. The summed E-state index contributed by atoms with van der Waals surface area (Å²) >= 11 is 1.51. The predicted molar refractivity (Wildman–Crippen MR) is 73.5 cm³/mol. The summed E-state index contributed by atoms with van der Waals surface area (Å²) in [4.78, 5) is 18.7. The summed E-state index contributed by atoms with van der Waals surface area (Å²) in [5.41, 5.74) is 5.43. The molecule has 0 aliphatic carbocycles. The average Bonchev–Trinajstić information content (AvgIpc) is 2.77. The lowest BCUT2D eigenvalue weighted by atomic mass is 10.1. The fourth-order valence-electron chi connectivity index (χ4n) is 1.70. The highest BCUT2D eigenvalue weighted by Gasteiger charge is 2.18. The van der Waals surface area contributed by atoms with Crippen molar-refractivity contribution in [2.75, 3.05) is 12.8 Å². The van der Waals surface area contributed by atoms with E-state index in [1.807, 2.05) is 6.92 Å². The van der Waals surface area contributed by atoms with E-state index >= 15 is 0 Å².